The van der Waals surface area contributed by atoms with Gasteiger partial charge in [0.25, 0.3) is 15.9 Å². The molecule has 0 fully saturated rings. The van der Waals surface area contributed by atoms with E-state index in [0.29, 0.717) is 14.4 Å². The van der Waals surface area contributed by atoms with Crippen molar-refractivity contribution in [1.29, 1.82) is 0 Å². The lowest BCUT2D eigenvalue weighted by molar-refractivity contribution is -0.143. The second kappa shape index (κ2) is 9.89. The highest BCUT2D eigenvalue weighted by Crippen LogP contribution is 2.36. The number of alkyl halides is 8. The molecule has 0 aliphatic heterocycles. The Balaban J connectivity index is 2.45. The minimum absolute atomic E-state index is 0.311. The standard InChI is InChI=1S/C18H12F8N2O7S3/c1-2-10-3-5-14(6-4-10)36(30,31)28-38(34,35)18(25,26)37(32,33)27-15(29)11-7-12(16(19,20)21)9-13(8-11)17(22,23)24/h2-9,28H,1H2,(H,27,29). The summed E-state index contributed by atoms with van der Waals surface area (Å²) in [5, 5.41) is 0. The van der Waals surface area contributed by atoms with Gasteiger partial charge in [0.05, 0.1) is 16.0 Å². The fraction of sp³-hybridized carbons (Fsp3) is 0.167. The molecule has 0 saturated heterocycles. The highest BCUT2D eigenvalue weighted by molar-refractivity contribution is 8.13. The highest BCUT2D eigenvalue weighted by Gasteiger charge is 2.60. The predicted octanol–water partition coefficient (Wildman–Crippen LogP) is 3.29. The van der Waals surface area contributed by atoms with Crippen molar-refractivity contribution in [3.05, 3.63) is 71.3 Å². The molecule has 0 atom stereocenters. The average Bonchev–Trinajstić information content (AvgIpc) is 2.76. The largest absolute Gasteiger partial charge is 0.479 e. The van der Waals surface area contributed by atoms with Crippen LogP contribution in [0.1, 0.15) is 27.0 Å². The SMILES string of the molecule is C=Cc1ccc(S(=O)(=O)NS(=O)(=O)C(F)(F)S(=O)(=O)NC(=O)c2cc(C(F)(F)F)cc(C(F)(F)F)c2)cc1. The molecule has 1 amide bonds. The maximum atomic E-state index is 14.5. The first kappa shape index (κ1) is 31.1. The van der Waals surface area contributed by atoms with Gasteiger partial charge in [0.15, 0.2) is 0 Å². The van der Waals surface area contributed by atoms with Crippen molar-refractivity contribution in [3.63, 3.8) is 0 Å². The molecule has 2 aromatic carbocycles. The van der Waals surface area contributed by atoms with Gasteiger partial charge in [-0.15, -0.1) is 0 Å². The summed E-state index contributed by atoms with van der Waals surface area (Å²) in [4.78, 5) is 11.1. The number of carbonyl (C=O) groups is 1. The van der Waals surface area contributed by atoms with Crippen molar-refractivity contribution >= 4 is 42.1 Å². The van der Waals surface area contributed by atoms with Crippen LogP contribution in [0.4, 0.5) is 35.1 Å². The third kappa shape index (κ3) is 6.48. The molecule has 2 N–H and O–H groups in total. The van der Waals surface area contributed by atoms with Gasteiger partial charge in [-0.25, -0.2) is 21.6 Å². The van der Waals surface area contributed by atoms with Crippen molar-refractivity contribution in [1.82, 2.24) is 8.85 Å². The first-order valence-corrected chi connectivity index (χ1v) is 13.6. The summed E-state index contributed by atoms with van der Waals surface area (Å²) in [6, 6.07) is 2.50. The predicted molar refractivity (Wildman–Crippen MR) is 114 cm³/mol. The Kier molecular flexibility index (Phi) is 8.10. The lowest BCUT2D eigenvalue weighted by Crippen LogP contribution is -2.52. The molecule has 2 aromatic rings. The summed E-state index contributed by atoms with van der Waals surface area (Å²) < 4.78 is 174. The second-order valence-corrected chi connectivity index (χ2v) is 12.7. The molecule has 0 aliphatic rings. The number of rotatable bonds is 8. The number of amides is 1. The number of sulfonamides is 3. The van der Waals surface area contributed by atoms with Gasteiger partial charge in [0, 0.05) is 5.56 Å². The van der Waals surface area contributed by atoms with E-state index in [-0.39, 0.29) is 12.1 Å². The van der Waals surface area contributed by atoms with Gasteiger partial charge in [0.1, 0.15) is 0 Å². The lowest BCUT2D eigenvalue weighted by Gasteiger charge is -2.19. The van der Waals surface area contributed by atoms with Gasteiger partial charge < -0.3 is 0 Å². The van der Waals surface area contributed by atoms with Crippen LogP contribution >= 0.6 is 0 Å². The van der Waals surface area contributed by atoms with Crippen molar-refractivity contribution in [2.24, 2.45) is 0 Å². The van der Waals surface area contributed by atoms with E-state index in [4.69, 9.17) is 0 Å². The third-order valence-electron chi connectivity index (χ3n) is 4.35. The molecular weight excluding hydrogens is 604 g/mol. The highest BCUT2D eigenvalue weighted by atomic mass is 32.3. The fourth-order valence-corrected chi connectivity index (χ4v) is 6.99. The van der Waals surface area contributed by atoms with Gasteiger partial charge in [-0.2, -0.15) is 43.5 Å². The molecule has 0 saturated carbocycles. The topological polar surface area (TPSA) is 144 Å². The summed E-state index contributed by atoms with van der Waals surface area (Å²) >= 11 is 0. The van der Waals surface area contributed by atoms with Crippen LogP contribution in [-0.4, -0.2) is 35.7 Å². The second-order valence-electron chi connectivity index (χ2n) is 7.06. The summed E-state index contributed by atoms with van der Waals surface area (Å²) in [5.74, 6) is -2.51. The molecule has 0 aliphatic carbocycles. The van der Waals surface area contributed by atoms with E-state index in [1.54, 1.807) is 0 Å². The molecule has 9 nitrogen and oxygen atoms in total. The smallest absolute Gasteiger partial charge is 0.268 e. The molecule has 2 rings (SSSR count). The monoisotopic (exact) mass is 616 g/mol. The molecule has 20 heteroatoms. The number of benzene rings is 2. The van der Waals surface area contributed by atoms with Crippen LogP contribution < -0.4 is 8.85 Å². The lowest BCUT2D eigenvalue weighted by atomic mass is 10.0. The molecule has 0 heterocycles. The van der Waals surface area contributed by atoms with Crippen LogP contribution in [0.5, 0.6) is 0 Å². The summed E-state index contributed by atoms with van der Waals surface area (Å²) in [7, 11) is -19.0. The van der Waals surface area contributed by atoms with Gasteiger partial charge in [-0.05, 0) is 35.9 Å². The summed E-state index contributed by atoms with van der Waals surface area (Å²) in [6.45, 7) is 3.35. The van der Waals surface area contributed by atoms with Crippen LogP contribution in [-0.2, 0) is 42.4 Å². The van der Waals surface area contributed by atoms with Crippen LogP contribution in [0.3, 0.4) is 0 Å². The Morgan fingerprint density at radius 3 is 1.58 bits per heavy atom. The van der Waals surface area contributed by atoms with E-state index < -0.39 is 80.6 Å². The van der Waals surface area contributed by atoms with Gasteiger partial charge in [-0.3, -0.25) is 4.79 Å². The van der Waals surface area contributed by atoms with Gasteiger partial charge >= 0.3 is 37.0 Å². The van der Waals surface area contributed by atoms with E-state index in [1.165, 1.54) is 6.08 Å². The molecule has 0 bridgehead atoms. The third-order valence-corrected chi connectivity index (χ3v) is 10.0. The number of hydrogen-bond acceptors (Lipinski definition) is 7. The van der Waals surface area contributed by atoms with Crippen molar-refractivity contribution < 1.29 is 65.2 Å². The van der Waals surface area contributed by atoms with Crippen LogP contribution in [0.15, 0.2) is 53.9 Å². The molecule has 0 unspecified atom stereocenters. The van der Waals surface area contributed by atoms with E-state index >= 15 is 0 Å². The zero-order valence-electron chi connectivity index (χ0n) is 17.9. The quantitative estimate of drug-likeness (QED) is 0.434. The number of nitrogens with one attached hydrogen (secondary N) is 2. The summed E-state index contributed by atoms with van der Waals surface area (Å²) in [6.07, 6.45) is -9.79. The normalized spacial score (nSPS) is 13.7. The maximum Gasteiger partial charge on any atom is 0.479 e. The molecule has 0 aromatic heterocycles. The zero-order chi connectivity index (χ0) is 29.5. The first-order valence-electron chi connectivity index (χ1n) is 9.19. The first-order chi connectivity index (χ1) is 16.9. The van der Waals surface area contributed by atoms with E-state index in [1.807, 2.05) is 0 Å². The van der Waals surface area contributed by atoms with E-state index in [0.717, 1.165) is 24.3 Å². The molecule has 38 heavy (non-hydrogen) atoms. The minimum Gasteiger partial charge on any atom is -0.268 e. The van der Waals surface area contributed by atoms with Gasteiger partial charge in [-0.1, -0.05) is 28.9 Å². The Morgan fingerprint density at radius 2 is 1.18 bits per heavy atom. The summed E-state index contributed by atoms with van der Waals surface area (Å²) in [5.41, 5.74) is -5.67. The molecule has 210 valence electrons. The van der Waals surface area contributed by atoms with Crippen molar-refractivity contribution in [2.75, 3.05) is 0 Å². The van der Waals surface area contributed by atoms with Crippen LogP contribution in [0.2, 0.25) is 0 Å². The Labute approximate surface area is 209 Å². The Morgan fingerprint density at radius 1 is 0.737 bits per heavy atom. The van der Waals surface area contributed by atoms with Crippen molar-refractivity contribution in [3.8, 4) is 0 Å². The molecule has 0 spiro atoms. The molecule has 0 radical (unpaired) electrons. The van der Waals surface area contributed by atoms with Crippen molar-refractivity contribution in [2.45, 2.75) is 21.8 Å². The maximum absolute atomic E-state index is 14.5. The van der Waals surface area contributed by atoms with Gasteiger partial charge in [0.2, 0.25) is 0 Å². The minimum atomic E-state index is -6.85. The zero-order valence-corrected chi connectivity index (χ0v) is 20.4. The molecular formula is C18H12F8N2O7S3. The van der Waals surface area contributed by atoms with Crippen LogP contribution in [0, 0.1) is 0 Å². The fourth-order valence-electron chi connectivity index (χ4n) is 2.49. The Bertz CT molecular complexity index is 1550. The average molecular weight is 616 g/mol. The Hall–Kier alpha value is -3.10. The van der Waals surface area contributed by atoms with Crippen LogP contribution in [0.25, 0.3) is 6.08 Å². The number of hydrogen-bond donors (Lipinski definition) is 2. The van der Waals surface area contributed by atoms with E-state index in [2.05, 4.69) is 6.58 Å². The van der Waals surface area contributed by atoms with E-state index in [9.17, 15) is 65.2 Å². The number of carbonyl (C=O) groups excluding carboxylic acids is 1. The number of halogens is 8.